The minimum absolute atomic E-state index is 0.254. The van der Waals surface area contributed by atoms with Crippen molar-refractivity contribution < 1.29 is 23.8 Å². The first-order chi connectivity index (χ1) is 11.6. The van der Waals surface area contributed by atoms with Crippen molar-refractivity contribution in [2.24, 2.45) is 0 Å². The van der Waals surface area contributed by atoms with Gasteiger partial charge in [0.1, 0.15) is 18.1 Å². The number of likely N-dealkylation sites (N-methyl/N-ethyl adjacent to an activating group) is 1. The molecule has 2 heterocycles. The van der Waals surface area contributed by atoms with Crippen LogP contribution in [0.2, 0.25) is 0 Å². The van der Waals surface area contributed by atoms with E-state index in [0.717, 1.165) is 5.76 Å². The molecule has 2 unspecified atom stereocenters. The number of carbonyl (C=O) groups excluding carboxylic acids is 1. The number of ether oxygens (including phenoxy) is 2. The Morgan fingerprint density at radius 2 is 2.12 bits per heavy atom. The zero-order chi connectivity index (χ0) is 16.9. The predicted octanol–water partition coefficient (Wildman–Crippen LogP) is 2.08. The molecule has 0 radical (unpaired) electrons. The molecule has 1 aliphatic heterocycles. The van der Waals surface area contributed by atoms with Gasteiger partial charge in [0.25, 0.3) is 0 Å². The van der Waals surface area contributed by atoms with Gasteiger partial charge in [0.2, 0.25) is 0 Å². The Kier molecular flexibility index (Phi) is 5.02. The van der Waals surface area contributed by atoms with Gasteiger partial charge in [-0.3, -0.25) is 0 Å². The standard InChI is InChI=1S/C17H20N2O5/c1-19(15-10-22-11-16(15)20)17(21)18-12-4-6-13(7-5-12)24-9-14-3-2-8-23-14/h2-8,15-16,20H,9-11H2,1H3,(H,18,21). The number of nitrogens with zero attached hydrogens (tertiary/aromatic N) is 1. The Morgan fingerprint density at radius 1 is 1.33 bits per heavy atom. The van der Waals surface area contributed by atoms with Gasteiger partial charge in [-0.05, 0) is 36.4 Å². The van der Waals surface area contributed by atoms with Crippen molar-refractivity contribution in [2.75, 3.05) is 25.6 Å². The average Bonchev–Trinajstić information content (AvgIpc) is 3.25. The zero-order valence-electron chi connectivity index (χ0n) is 13.3. The topological polar surface area (TPSA) is 84.2 Å². The second-order valence-electron chi connectivity index (χ2n) is 5.61. The number of amides is 2. The molecule has 1 saturated heterocycles. The lowest BCUT2D eigenvalue weighted by Crippen LogP contribution is -2.45. The number of hydrogen-bond acceptors (Lipinski definition) is 5. The molecule has 1 aliphatic rings. The minimum Gasteiger partial charge on any atom is -0.486 e. The Bertz CT molecular complexity index is 656. The van der Waals surface area contributed by atoms with Crippen LogP contribution < -0.4 is 10.1 Å². The highest BCUT2D eigenvalue weighted by atomic mass is 16.5. The number of furan rings is 1. The molecule has 0 aliphatic carbocycles. The van der Waals surface area contributed by atoms with Crippen molar-refractivity contribution in [1.29, 1.82) is 0 Å². The Labute approximate surface area is 139 Å². The SMILES string of the molecule is CN(C(=O)Nc1ccc(OCc2ccco2)cc1)C1COCC1O. The van der Waals surface area contributed by atoms with Gasteiger partial charge in [0, 0.05) is 12.7 Å². The van der Waals surface area contributed by atoms with Crippen molar-refractivity contribution in [3.63, 3.8) is 0 Å². The van der Waals surface area contributed by atoms with Crippen molar-refractivity contribution in [3.05, 3.63) is 48.4 Å². The summed E-state index contributed by atoms with van der Waals surface area (Å²) in [6.07, 6.45) is 0.943. The number of aliphatic hydroxyl groups excluding tert-OH is 1. The Balaban J connectivity index is 1.52. The van der Waals surface area contributed by atoms with Crippen molar-refractivity contribution >= 4 is 11.7 Å². The molecular weight excluding hydrogens is 312 g/mol. The van der Waals surface area contributed by atoms with E-state index in [1.54, 1.807) is 43.6 Å². The molecule has 2 N–H and O–H groups in total. The van der Waals surface area contributed by atoms with Gasteiger partial charge in [-0.2, -0.15) is 0 Å². The number of aliphatic hydroxyl groups is 1. The van der Waals surface area contributed by atoms with E-state index in [-0.39, 0.29) is 18.7 Å². The monoisotopic (exact) mass is 332 g/mol. The van der Waals surface area contributed by atoms with E-state index in [1.165, 1.54) is 4.90 Å². The third-order valence-electron chi connectivity index (χ3n) is 3.91. The van der Waals surface area contributed by atoms with Crippen LogP contribution in [-0.4, -0.2) is 48.4 Å². The first kappa shape index (κ1) is 16.4. The highest BCUT2D eigenvalue weighted by Gasteiger charge is 2.32. The van der Waals surface area contributed by atoms with Crippen molar-refractivity contribution in [3.8, 4) is 5.75 Å². The third kappa shape index (κ3) is 3.87. The lowest BCUT2D eigenvalue weighted by molar-refractivity contribution is 0.106. The molecule has 128 valence electrons. The van der Waals surface area contributed by atoms with Gasteiger partial charge in [-0.1, -0.05) is 0 Å². The lowest BCUT2D eigenvalue weighted by Gasteiger charge is -2.25. The summed E-state index contributed by atoms with van der Waals surface area (Å²) in [7, 11) is 1.64. The fourth-order valence-corrected chi connectivity index (χ4v) is 2.45. The molecule has 7 heteroatoms. The van der Waals surface area contributed by atoms with E-state index in [2.05, 4.69) is 5.32 Å². The van der Waals surface area contributed by atoms with E-state index in [4.69, 9.17) is 13.9 Å². The number of carbonyl (C=O) groups is 1. The summed E-state index contributed by atoms with van der Waals surface area (Å²) in [5, 5.41) is 12.6. The molecule has 0 spiro atoms. The molecule has 0 saturated carbocycles. The van der Waals surface area contributed by atoms with E-state index in [9.17, 15) is 9.90 Å². The molecule has 7 nitrogen and oxygen atoms in total. The summed E-state index contributed by atoms with van der Waals surface area (Å²) >= 11 is 0. The lowest BCUT2D eigenvalue weighted by atomic mass is 10.2. The largest absolute Gasteiger partial charge is 0.486 e. The second kappa shape index (κ2) is 7.37. The van der Waals surface area contributed by atoms with Crippen molar-refractivity contribution in [1.82, 2.24) is 4.90 Å². The summed E-state index contributed by atoms with van der Waals surface area (Å²) in [6, 6.07) is 10.1. The van der Waals surface area contributed by atoms with E-state index >= 15 is 0 Å². The number of anilines is 1. The first-order valence-electron chi connectivity index (χ1n) is 7.68. The highest BCUT2D eigenvalue weighted by molar-refractivity contribution is 5.89. The predicted molar refractivity (Wildman–Crippen MR) is 86.9 cm³/mol. The van der Waals surface area contributed by atoms with Gasteiger partial charge in [0.15, 0.2) is 0 Å². The molecule has 2 aromatic rings. The molecule has 24 heavy (non-hydrogen) atoms. The number of hydrogen-bond donors (Lipinski definition) is 2. The van der Waals surface area contributed by atoms with Gasteiger partial charge < -0.3 is 29.2 Å². The highest BCUT2D eigenvalue weighted by Crippen LogP contribution is 2.18. The molecule has 1 fully saturated rings. The van der Waals surface area contributed by atoms with Crippen LogP contribution in [0.3, 0.4) is 0 Å². The molecule has 2 atom stereocenters. The van der Waals surface area contributed by atoms with Crippen LogP contribution >= 0.6 is 0 Å². The zero-order valence-corrected chi connectivity index (χ0v) is 13.3. The molecule has 3 rings (SSSR count). The van der Waals surface area contributed by atoms with Crippen LogP contribution in [0, 0.1) is 0 Å². The number of benzene rings is 1. The van der Waals surface area contributed by atoms with Crippen LogP contribution in [0.15, 0.2) is 47.1 Å². The van der Waals surface area contributed by atoms with Gasteiger partial charge in [0.05, 0.1) is 31.6 Å². The Morgan fingerprint density at radius 3 is 2.75 bits per heavy atom. The smallest absolute Gasteiger partial charge is 0.322 e. The average molecular weight is 332 g/mol. The van der Waals surface area contributed by atoms with E-state index < -0.39 is 6.10 Å². The molecule has 0 bridgehead atoms. The number of rotatable bonds is 5. The minimum atomic E-state index is -0.655. The molecular formula is C17H20N2O5. The normalized spacial score (nSPS) is 19.9. The molecule has 1 aromatic carbocycles. The van der Waals surface area contributed by atoms with Crippen LogP contribution in [0.5, 0.6) is 5.75 Å². The fraction of sp³-hybridized carbons (Fsp3) is 0.353. The van der Waals surface area contributed by atoms with Gasteiger partial charge >= 0.3 is 6.03 Å². The maximum Gasteiger partial charge on any atom is 0.322 e. The van der Waals surface area contributed by atoms with Crippen molar-refractivity contribution in [2.45, 2.75) is 18.8 Å². The summed E-state index contributed by atoms with van der Waals surface area (Å²) in [5.74, 6) is 1.42. The fourth-order valence-electron chi connectivity index (χ4n) is 2.45. The summed E-state index contributed by atoms with van der Waals surface area (Å²) < 4.78 is 16.0. The van der Waals surface area contributed by atoms with Crippen LogP contribution in [0.1, 0.15) is 5.76 Å². The molecule has 2 amide bonds. The summed E-state index contributed by atoms with van der Waals surface area (Å²) in [5.41, 5.74) is 0.644. The maximum absolute atomic E-state index is 12.2. The van der Waals surface area contributed by atoms with Crippen LogP contribution in [0.4, 0.5) is 10.5 Å². The number of urea groups is 1. The van der Waals surface area contributed by atoms with Crippen LogP contribution in [-0.2, 0) is 11.3 Å². The van der Waals surface area contributed by atoms with Gasteiger partial charge in [-0.15, -0.1) is 0 Å². The quantitative estimate of drug-likeness (QED) is 0.876. The molecule has 1 aromatic heterocycles. The first-order valence-corrected chi connectivity index (χ1v) is 7.68. The van der Waals surface area contributed by atoms with Crippen LogP contribution in [0.25, 0.3) is 0 Å². The third-order valence-corrected chi connectivity index (χ3v) is 3.91. The summed E-state index contributed by atoms with van der Waals surface area (Å²) in [4.78, 5) is 13.7. The van der Waals surface area contributed by atoms with Gasteiger partial charge in [-0.25, -0.2) is 4.79 Å². The maximum atomic E-state index is 12.2. The Hall–Kier alpha value is -2.51. The van der Waals surface area contributed by atoms with E-state index in [1.807, 2.05) is 6.07 Å². The second-order valence-corrected chi connectivity index (χ2v) is 5.61. The van der Waals surface area contributed by atoms with E-state index in [0.29, 0.717) is 24.7 Å². The summed E-state index contributed by atoms with van der Waals surface area (Å²) in [6.45, 7) is 0.940. The number of nitrogens with one attached hydrogen (secondary N) is 1.